The van der Waals surface area contributed by atoms with Crippen LogP contribution in [-0.2, 0) is 24.4 Å². The fourth-order valence-electron chi connectivity index (χ4n) is 2.73. The van der Waals surface area contributed by atoms with E-state index in [1.54, 1.807) is 7.11 Å². The van der Waals surface area contributed by atoms with Crippen LogP contribution in [0.3, 0.4) is 0 Å². The van der Waals surface area contributed by atoms with Gasteiger partial charge in [-0.3, -0.25) is 0 Å². The van der Waals surface area contributed by atoms with Gasteiger partial charge in [0, 0.05) is 25.8 Å². The number of benzene rings is 2. The van der Waals surface area contributed by atoms with Crippen molar-refractivity contribution in [3.63, 3.8) is 0 Å². The smallest absolute Gasteiger partial charge is 0.191 e. The Kier molecular flexibility index (Phi) is 9.31. The number of rotatable bonds is 10. The van der Waals surface area contributed by atoms with E-state index in [4.69, 9.17) is 14.5 Å². The molecule has 2 rings (SSSR count). The molecule has 2 aromatic carbocycles. The molecule has 152 valence electrons. The molecule has 0 saturated heterocycles. The highest BCUT2D eigenvalue weighted by molar-refractivity contribution is 5.79. The van der Waals surface area contributed by atoms with Gasteiger partial charge in [-0.2, -0.15) is 0 Å². The van der Waals surface area contributed by atoms with Crippen molar-refractivity contribution in [1.29, 1.82) is 0 Å². The number of nitrogens with one attached hydrogen (secondary N) is 2. The number of aliphatic hydroxyl groups is 1. The average molecular weight is 386 g/mol. The first-order valence-corrected chi connectivity index (χ1v) is 9.59. The van der Waals surface area contributed by atoms with E-state index in [1.807, 2.05) is 50.2 Å². The molecule has 0 saturated carbocycles. The standard InChI is InChI=1S/C22H31N3O3/c1-4-23-22(24-14-18-7-5-6-8-20(18)16-26)25-15-19-10-9-17(2)13-21(19)28-12-11-27-3/h5-10,13,26H,4,11-12,14-16H2,1-3H3,(H2,23,24,25). The number of aliphatic imine (C=N–C) groups is 1. The molecule has 6 heteroatoms. The van der Waals surface area contributed by atoms with Crippen LogP contribution < -0.4 is 15.4 Å². The molecule has 0 aliphatic carbocycles. The van der Waals surface area contributed by atoms with E-state index >= 15 is 0 Å². The maximum Gasteiger partial charge on any atom is 0.191 e. The fourth-order valence-corrected chi connectivity index (χ4v) is 2.73. The highest BCUT2D eigenvalue weighted by atomic mass is 16.5. The monoisotopic (exact) mass is 385 g/mol. The fraction of sp³-hybridized carbons (Fsp3) is 0.409. The van der Waals surface area contributed by atoms with Crippen molar-refractivity contribution >= 4 is 5.96 Å². The molecule has 0 spiro atoms. The molecule has 0 fully saturated rings. The van der Waals surface area contributed by atoms with Crippen molar-refractivity contribution < 1.29 is 14.6 Å². The maximum absolute atomic E-state index is 9.48. The molecule has 2 aromatic rings. The Morgan fingerprint density at radius 1 is 1.04 bits per heavy atom. The number of methoxy groups -OCH3 is 1. The molecule has 0 heterocycles. The van der Waals surface area contributed by atoms with Crippen LogP contribution in [0.4, 0.5) is 0 Å². The number of guanidine groups is 1. The Balaban J connectivity index is 2.07. The predicted octanol–water partition coefficient (Wildman–Crippen LogP) is 2.77. The second kappa shape index (κ2) is 12.0. The third-order valence-electron chi connectivity index (χ3n) is 4.25. The molecule has 3 N–H and O–H groups in total. The van der Waals surface area contributed by atoms with Crippen LogP contribution in [0.5, 0.6) is 5.75 Å². The van der Waals surface area contributed by atoms with Gasteiger partial charge in [0.15, 0.2) is 5.96 Å². The molecular formula is C22H31N3O3. The number of hydrogen-bond donors (Lipinski definition) is 3. The van der Waals surface area contributed by atoms with Gasteiger partial charge in [-0.15, -0.1) is 0 Å². The third kappa shape index (κ3) is 6.87. The van der Waals surface area contributed by atoms with Gasteiger partial charge in [-0.1, -0.05) is 36.4 Å². The van der Waals surface area contributed by atoms with Gasteiger partial charge >= 0.3 is 0 Å². The zero-order chi connectivity index (χ0) is 20.2. The molecule has 6 nitrogen and oxygen atoms in total. The van der Waals surface area contributed by atoms with Crippen LogP contribution in [0, 0.1) is 6.92 Å². The molecule has 0 aliphatic heterocycles. The summed E-state index contributed by atoms with van der Waals surface area (Å²) in [7, 11) is 1.66. The normalized spacial score (nSPS) is 11.4. The lowest BCUT2D eigenvalue weighted by Crippen LogP contribution is -2.37. The minimum Gasteiger partial charge on any atom is -0.491 e. The predicted molar refractivity (Wildman–Crippen MR) is 113 cm³/mol. The third-order valence-corrected chi connectivity index (χ3v) is 4.25. The second-order valence-corrected chi connectivity index (χ2v) is 6.43. The van der Waals surface area contributed by atoms with E-state index in [9.17, 15) is 5.11 Å². The largest absolute Gasteiger partial charge is 0.491 e. The van der Waals surface area contributed by atoms with E-state index in [0.717, 1.165) is 40.5 Å². The van der Waals surface area contributed by atoms with Crippen LogP contribution in [0.2, 0.25) is 0 Å². The van der Waals surface area contributed by atoms with Gasteiger partial charge < -0.3 is 25.2 Å². The van der Waals surface area contributed by atoms with Crippen LogP contribution in [0.25, 0.3) is 0 Å². The van der Waals surface area contributed by atoms with Crippen LogP contribution in [0.1, 0.15) is 29.2 Å². The van der Waals surface area contributed by atoms with Crippen molar-refractivity contribution in [2.75, 3.05) is 26.9 Å². The highest BCUT2D eigenvalue weighted by Crippen LogP contribution is 2.21. The van der Waals surface area contributed by atoms with Gasteiger partial charge in [0.25, 0.3) is 0 Å². The summed E-state index contributed by atoms with van der Waals surface area (Å²) in [6, 6.07) is 14.0. The van der Waals surface area contributed by atoms with Crippen molar-refractivity contribution in [1.82, 2.24) is 10.6 Å². The molecule has 0 atom stereocenters. The van der Waals surface area contributed by atoms with E-state index < -0.39 is 0 Å². The Morgan fingerprint density at radius 2 is 1.82 bits per heavy atom. The van der Waals surface area contributed by atoms with Gasteiger partial charge in [-0.05, 0) is 36.6 Å². The van der Waals surface area contributed by atoms with Gasteiger partial charge in [0.05, 0.1) is 19.8 Å². The van der Waals surface area contributed by atoms with E-state index in [0.29, 0.717) is 26.3 Å². The number of nitrogens with zero attached hydrogens (tertiary/aromatic N) is 1. The van der Waals surface area contributed by atoms with E-state index in [2.05, 4.69) is 16.7 Å². The number of aliphatic hydroxyl groups excluding tert-OH is 1. The summed E-state index contributed by atoms with van der Waals surface area (Å²) in [6.07, 6.45) is 0. The SMILES string of the molecule is CCNC(=NCc1ccc(C)cc1OCCOC)NCc1ccccc1CO. The number of hydrogen-bond acceptors (Lipinski definition) is 4. The Bertz CT molecular complexity index is 762. The summed E-state index contributed by atoms with van der Waals surface area (Å²) in [5.74, 6) is 1.56. The molecular weight excluding hydrogens is 354 g/mol. The van der Waals surface area contributed by atoms with Gasteiger partial charge in [0.2, 0.25) is 0 Å². The molecule has 0 amide bonds. The van der Waals surface area contributed by atoms with E-state index in [-0.39, 0.29) is 6.61 Å². The Morgan fingerprint density at radius 3 is 2.54 bits per heavy atom. The summed E-state index contributed by atoms with van der Waals surface area (Å²) < 4.78 is 10.9. The lowest BCUT2D eigenvalue weighted by Gasteiger charge is -2.14. The van der Waals surface area contributed by atoms with Crippen LogP contribution in [0.15, 0.2) is 47.5 Å². The first-order valence-electron chi connectivity index (χ1n) is 9.59. The van der Waals surface area contributed by atoms with Crippen LogP contribution >= 0.6 is 0 Å². The summed E-state index contributed by atoms with van der Waals surface area (Å²) in [5.41, 5.74) is 4.13. The summed E-state index contributed by atoms with van der Waals surface area (Å²) in [4.78, 5) is 4.69. The molecule has 0 bridgehead atoms. The quantitative estimate of drug-likeness (QED) is 0.333. The van der Waals surface area contributed by atoms with Crippen molar-refractivity contribution in [3.8, 4) is 5.75 Å². The van der Waals surface area contributed by atoms with Crippen LogP contribution in [-0.4, -0.2) is 37.9 Å². The minimum absolute atomic E-state index is 0.0249. The molecule has 0 aliphatic rings. The topological polar surface area (TPSA) is 75.1 Å². The number of aryl methyl sites for hydroxylation is 1. The Hall–Kier alpha value is -2.57. The first kappa shape index (κ1) is 21.7. The van der Waals surface area contributed by atoms with Crippen molar-refractivity contribution in [2.45, 2.75) is 33.5 Å². The highest BCUT2D eigenvalue weighted by Gasteiger charge is 2.06. The van der Waals surface area contributed by atoms with Gasteiger partial charge in [0.1, 0.15) is 12.4 Å². The lowest BCUT2D eigenvalue weighted by molar-refractivity contribution is 0.145. The first-order chi connectivity index (χ1) is 13.7. The maximum atomic E-state index is 9.48. The van der Waals surface area contributed by atoms with E-state index in [1.165, 1.54) is 0 Å². The van der Waals surface area contributed by atoms with Gasteiger partial charge in [-0.25, -0.2) is 4.99 Å². The van der Waals surface area contributed by atoms with Crippen molar-refractivity contribution in [3.05, 3.63) is 64.7 Å². The Labute approximate surface area is 167 Å². The summed E-state index contributed by atoms with van der Waals surface area (Å²) in [6.45, 7) is 7.01. The zero-order valence-corrected chi connectivity index (χ0v) is 17.0. The molecule has 0 unspecified atom stereocenters. The summed E-state index contributed by atoms with van der Waals surface area (Å²) >= 11 is 0. The number of ether oxygens (including phenoxy) is 2. The van der Waals surface area contributed by atoms with Crippen molar-refractivity contribution in [2.24, 2.45) is 4.99 Å². The average Bonchev–Trinajstić information content (AvgIpc) is 2.71. The lowest BCUT2D eigenvalue weighted by atomic mass is 10.1. The second-order valence-electron chi connectivity index (χ2n) is 6.43. The minimum atomic E-state index is 0.0249. The molecule has 28 heavy (non-hydrogen) atoms. The summed E-state index contributed by atoms with van der Waals surface area (Å²) in [5, 5.41) is 16.1. The zero-order valence-electron chi connectivity index (χ0n) is 17.0. The molecule has 0 aromatic heterocycles. The molecule has 0 radical (unpaired) electrons.